The minimum absolute atomic E-state index is 0.715. The van der Waals surface area contributed by atoms with Crippen molar-refractivity contribution in [3.05, 3.63) is 29.9 Å². The van der Waals surface area contributed by atoms with Crippen LogP contribution in [0.4, 0.5) is 0 Å². The van der Waals surface area contributed by atoms with Crippen molar-refractivity contribution in [3.8, 4) is 0 Å². The number of hydrogen-bond donors (Lipinski definition) is 1. The molecule has 3 heterocycles. The molecule has 114 valence electrons. The van der Waals surface area contributed by atoms with Gasteiger partial charge < -0.3 is 19.2 Å². The number of methoxy groups -OCH3 is 1. The van der Waals surface area contributed by atoms with E-state index in [1.165, 1.54) is 12.8 Å². The summed E-state index contributed by atoms with van der Waals surface area (Å²) in [6.45, 7) is 4.08. The summed E-state index contributed by atoms with van der Waals surface area (Å²) in [7, 11) is 1.70. The Bertz CT molecular complexity index is 576. The summed E-state index contributed by atoms with van der Waals surface area (Å²) in [5, 5.41) is 11.9. The Kier molecular flexibility index (Phi) is 4.62. The first-order chi connectivity index (χ1) is 10.4. The number of aryl methyl sites for hydroxylation is 1. The van der Waals surface area contributed by atoms with Gasteiger partial charge in [-0.15, -0.1) is 10.2 Å². The molecule has 0 fully saturated rings. The van der Waals surface area contributed by atoms with Gasteiger partial charge in [0, 0.05) is 39.4 Å². The van der Waals surface area contributed by atoms with Crippen molar-refractivity contribution in [2.75, 3.05) is 20.3 Å². The van der Waals surface area contributed by atoms with Gasteiger partial charge in [0.05, 0.1) is 25.2 Å². The maximum Gasteiger partial charge on any atom is 0.153 e. The lowest BCUT2D eigenvalue weighted by molar-refractivity contribution is 0.199. The van der Waals surface area contributed by atoms with Crippen LogP contribution in [0.5, 0.6) is 0 Å². The van der Waals surface area contributed by atoms with E-state index in [9.17, 15) is 0 Å². The Hall–Kier alpha value is -1.73. The fourth-order valence-corrected chi connectivity index (χ4v) is 2.62. The van der Waals surface area contributed by atoms with Crippen molar-refractivity contribution in [3.63, 3.8) is 0 Å². The molecule has 0 unspecified atom stereocenters. The number of fused-ring (bicyclic) bond motifs is 1. The van der Waals surface area contributed by atoms with E-state index in [0.717, 1.165) is 49.9 Å². The van der Waals surface area contributed by atoms with E-state index in [-0.39, 0.29) is 0 Å². The lowest BCUT2D eigenvalue weighted by Gasteiger charge is -2.14. The van der Waals surface area contributed by atoms with Crippen molar-refractivity contribution in [2.45, 2.75) is 38.9 Å². The molecule has 2 aromatic rings. The van der Waals surface area contributed by atoms with Gasteiger partial charge in [-0.1, -0.05) is 0 Å². The monoisotopic (exact) mass is 290 g/mol. The molecule has 0 bridgehead atoms. The third-order valence-corrected chi connectivity index (χ3v) is 3.74. The predicted molar refractivity (Wildman–Crippen MR) is 77.9 cm³/mol. The van der Waals surface area contributed by atoms with Crippen LogP contribution in [0.1, 0.15) is 30.2 Å². The normalized spacial score (nSPS) is 14.3. The third-order valence-electron chi connectivity index (χ3n) is 3.74. The zero-order valence-electron chi connectivity index (χ0n) is 12.5. The molecule has 7 heteroatoms. The smallest absolute Gasteiger partial charge is 0.153 e. The number of rotatable bonds is 7. The molecule has 0 atom stereocenters. The molecule has 2 aromatic heterocycles. The topological polar surface area (TPSA) is 69.8 Å². The Balaban J connectivity index is 1.58. The average molecular weight is 290 g/mol. The Morgan fingerprint density at radius 2 is 2.29 bits per heavy atom. The molecule has 0 saturated heterocycles. The molecular weight excluding hydrogens is 268 g/mol. The Morgan fingerprint density at radius 1 is 1.33 bits per heavy atom. The number of hydrogen-bond acceptors (Lipinski definition) is 5. The van der Waals surface area contributed by atoms with E-state index >= 15 is 0 Å². The standard InChI is InChI=1S/C14H22N6O/c1-21-7-5-15-8-12-9-19(11-16-12)10-14-18-17-13-4-2-3-6-20(13)14/h9,11,15H,2-8,10H2,1H3. The van der Waals surface area contributed by atoms with Crippen LogP contribution < -0.4 is 5.32 Å². The highest BCUT2D eigenvalue weighted by Crippen LogP contribution is 2.15. The molecular formula is C14H22N6O. The molecule has 0 radical (unpaired) electrons. The van der Waals surface area contributed by atoms with Crippen LogP contribution in [0.15, 0.2) is 12.5 Å². The number of ether oxygens (including phenoxy) is 1. The van der Waals surface area contributed by atoms with E-state index in [4.69, 9.17) is 4.74 Å². The van der Waals surface area contributed by atoms with Crippen LogP contribution in [0.2, 0.25) is 0 Å². The Morgan fingerprint density at radius 3 is 3.19 bits per heavy atom. The summed E-state index contributed by atoms with van der Waals surface area (Å²) in [6, 6.07) is 0. The number of imidazole rings is 1. The summed E-state index contributed by atoms with van der Waals surface area (Å²) in [5.41, 5.74) is 1.03. The van der Waals surface area contributed by atoms with Gasteiger partial charge in [0.15, 0.2) is 5.82 Å². The van der Waals surface area contributed by atoms with Crippen molar-refractivity contribution < 1.29 is 4.74 Å². The van der Waals surface area contributed by atoms with E-state index < -0.39 is 0 Å². The second-order valence-electron chi connectivity index (χ2n) is 5.35. The number of nitrogens with zero attached hydrogens (tertiary/aromatic N) is 5. The van der Waals surface area contributed by atoms with Crippen molar-refractivity contribution in [1.82, 2.24) is 29.6 Å². The number of aromatic nitrogens is 5. The number of nitrogens with one attached hydrogen (secondary N) is 1. The maximum absolute atomic E-state index is 5.00. The molecule has 0 amide bonds. The molecule has 0 aliphatic carbocycles. The maximum atomic E-state index is 5.00. The lowest BCUT2D eigenvalue weighted by Crippen LogP contribution is -2.18. The fraction of sp³-hybridized carbons (Fsp3) is 0.643. The first-order valence-electron chi connectivity index (χ1n) is 7.48. The molecule has 0 aromatic carbocycles. The summed E-state index contributed by atoms with van der Waals surface area (Å²) in [5.74, 6) is 2.15. The summed E-state index contributed by atoms with van der Waals surface area (Å²) < 4.78 is 9.32. The van der Waals surface area contributed by atoms with Gasteiger partial charge in [0.25, 0.3) is 0 Å². The molecule has 0 spiro atoms. The van der Waals surface area contributed by atoms with Gasteiger partial charge in [0.2, 0.25) is 0 Å². The van der Waals surface area contributed by atoms with E-state index in [1.54, 1.807) is 7.11 Å². The zero-order chi connectivity index (χ0) is 14.5. The summed E-state index contributed by atoms with van der Waals surface area (Å²) in [4.78, 5) is 4.41. The molecule has 1 aliphatic heterocycles. The fourth-order valence-electron chi connectivity index (χ4n) is 2.62. The molecule has 21 heavy (non-hydrogen) atoms. The van der Waals surface area contributed by atoms with Crippen molar-refractivity contribution in [2.24, 2.45) is 0 Å². The molecule has 0 saturated carbocycles. The zero-order valence-corrected chi connectivity index (χ0v) is 12.5. The minimum atomic E-state index is 0.715. The van der Waals surface area contributed by atoms with Crippen LogP contribution in [0.3, 0.4) is 0 Å². The van der Waals surface area contributed by atoms with E-state index in [2.05, 4.69) is 35.8 Å². The Labute approximate surface area is 124 Å². The summed E-state index contributed by atoms with van der Waals surface area (Å²) in [6.07, 6.45) is 7.41. The van der Waals surface area contributed by atoms with Gasteiger partial charge in [-0.3, -0.25) is 0 Å². The summed E-state index contributed by atoms with van der Waals surface area (Å²) >= 11 is 0. The van der Waals surface area contributed by atoms with Gasteiger partial charge >= 0.3 is 0 Å². The predicted octanol–water partition coefficient (Wildman–Crippen LogP) is 0.595. The third kappa shape index (κ3) is 3.48. The SMILES string of the molecule is COCCNCc1cn(Cc2nnc3n2CCCC3)cn1. The van der Waals surface area contributed by atoms with Crippen molar-refractivity contribution in [1.29, 1.82) is 0 Å². The molecule has 7 nitrogen and oxygen atoms in total. The minimum Gasteiger partial charge on any atom is -0.383 e. The average Bonchev–Trinajstić information content (AvgIpc) is 3.12. The van der Waals surface area contributed by atoms with E-state index in [0.29, 0.717) is 6.61 Å². The first kappa shape index (κ1) is 14.2. The van der Waals surface area contributed by atoms with Crippen LogP contribution >= 0.6 is 0 Å². The quantitative estimate of drug-likeness (QED) is 0.756. The molecule has 3 rings (SSSR count). The molecule has 1 N–H and O–H groups in total. The molecule has 1 aliphatic rings. The van der Waals surface area contributed by atoms with Gasteiger partial charge in [-0.25, -0.2) is 4.98 Å². The van der Waals surface area contributed by atoms with Crippen LogP contribution in [-0.2, 0) is 30.8 Å². The second kappa shape index (κ2) is 6.82. The van der Waals surface area contributed by atoms with Crippen LogP contribution in [0, 0.1) is 0 Å². The van der Waals surface area contributed by atoms with Crippen LogP contribution in [0.25, 0.3) is 0 Å². The largest absolute Gasteiger partial charge is 0.383 e. The van der Waals surface area contributed by atoms with Crippen LogP contribution in [-0.4, -0.2) is 44.6 Å². The second-order valence-corrected chi connectivity index (χ2v) is 5.35. The van der Waals surface area contributed by atoms with Gasteiger partial charge in [-0.05, 0) is 12.8 Å². The first-order valence-corrected chi connectivity index (χ1v) is 7.48. The highest BCUT2D eigenvalue weighted by atomic mass is 16.5. The van der Waals surface area contributed by atoms with Gasteiger partial charge in [-0.2, -0.15) is 0 Å². The lowest BCUT2D eigenvalue weighted by atomic mass is 10.2. The highest BCUT2D eigenvalue weighted by Gasteiger charge is 2.15. The van der Waals surface area contributed by atoms with Crippen molar-refractivity contribution >= 4 is 0 Å². The highest BCUT2D eigenvalue weighted by molar-refractivity contribution is 5.02. The van der Waals surface area contributed by atoms with E-state index in [1.807, 2.05) is 6.33 Å². The van der Waals surface area contributed by atoms with Gasteiger partial charge in [0.1, 0.15) is 5.82 Å².